The molecule has 6 nitrogen and oxygen atoms in total. The topological polar surface area (TPSA) is 79.2 Å². The van der Waals surface area contributed by atoms with Crippen molar-refractivity contribution < 1.29 is 9.90 Å². The summed E-state index contributed by atoms with van der Waals surface area (Å²) in [6.07, 6.45) is 5.78. The molecule has 98 valence electrons. The maximum Gasteiger partial charge on any atom is 0.258 e. The van der Waals surface area contributed by atoms with E-state index in [1.54, 1.807) is 19.3 Å². The summed E-state index contributed by atoms with van der Waals surface area (Å²) >= 11 is 0. The molecule has 2 aromatic heterocycles. The monoisotopic (exact) mass is 258 g/mol. The molecule has 0 aliphatic carbocycles. The third-order valence-corrected chi connectivity index (χ3v) is 2.96. The fourth-order valence-corrected chi connectivity index (χ4v) is 1.68. The highest BCUT2D eigenvalue weighted by Gasteiger charge is 2.21. The average molecular weight is 258 g/mol. The van der Waals surface area contributed by atoms with Crippen LogP contribution < -0.4 is 0 Å². The van der Waals surface area contributed by atoms with Gasteiger partial charge in [0.25, 0.3) is 5.91 Å². The van der Waals surface area contributed by atoms with Gasteiger partial charge in [-0.1, -0.05) is 0 Å². The Bertz CT molecular complexity index is 574. The minimum absolute atomic E-state index is 0.130. The Hall–Kier alpha value is -2.50. The van der Waals surface area contributed by atoms with Crippen LogP contribution in [-0.2, 0) is 0 Å². The van der Waals surface area contributed by atoms with Crippen LogP contribution in [0.4, 0.5) is 0 Å². The van der Waals surface area contributed by atoms with Gasteiger partial charge in [0, 0.05) is 19.4 Å². The molecule has 1 amide bonds. The second-order valence-corrected chi connectivity index (χ2v) is 4.12. The Balaban J connectivity index is 2.23. The van der Waals surface area contributed by atoms with E-state index in [0.717, 1.165) is 5.69 Å². The molecule has 2 rings (SSSR count). The number of aromatic hydroxyl groups is 1. The zero-order valence-corrected chi connectivity index (χ0v) is 10.7. The van der Waals surface area contributed by atoms with E-state index in [0.29, 0.717) is 0 Å². The van der Waals surface area contributed by atoms with Crippen molar-refractivity contribution in [2.45, 2.75) is 13.0 Å². The van der Waals surface area contributed by atoms with Crippen LogP contribution in [0.25, 0.3) is 0 Å². The lowest BCUT2D eigenvalue weighted by molar-refractivity contribution is 0.0736. The lowest BCUT2D eigenvalue weighted by Gasteiger charge is -2.24. The normalized spacial score (nSPS) is 11.9. The van der Waals surface area contributed by atoms with Crippen LogP contribution in [-0.4, -0.2) is 37.9 Å². The number of hydrogen-bond acceptors (Lipinski definition) is 5. The van der Waals surface area contributed by atoms with Crippen LogP contribution in [0.1, 0.15) is 29.0 Å². The van der Waals surface area contributed by atoms with Crippen molar-refractivity contribution in [3.63, 3.8) is 0 Å². The van der Waals surface area contributed by atoms with Crippen LogP contribution in [0.15, 0.2) is 37.1 Å². The van der Waals surface area contributed by atoms with Gasteiger partial charge in [-0.2, -0.15) is 0 Å². The van der Waals surface area contributed by atoms with E-state index in [4.69, 9.17) is 0 Å². The molecule has 0 saturated heterocycles. The first-order valence-electron chi connectivity index (χ1n) is 5.77. The number of nitrogens with zero attached hydrogens (tertiary/aromatic N) is 4. The lowest BCUT2D eigenvalue weighted by Crippen LogP contribution is -2.30. The maximum absolute atomic E-state index is 12.3. The highest BCUT2D eigenvalue weighted by molar-refractivity contribution is 5.96. The smallest absolute Gasteiger partial charge is 0.258 e. The number of carbonyl (C=O) groups excluding carboxylic acids is 1. The summed E-state index contributed by atoms with van der Waals surface area (Å²) in [5, 5.41) is 9.65. The number of rotatable bonds is 3. The van der Waals surface area contributed by atoms with Gasteiger partial charge in [0.15, 0.2) is 0 Å². The number of hydrogen-bond donors (Lipinski definition) is 1. The fraction of sp³-hybridized carbons (Fsp3) is 0.231. The molecule has 0 spiro atoms. The van der Waals surface area contributed by atoms with E-state index in [1.165, 1.54) is 29.7 Å². The second-order valence-electron chi connectivity index (χ2n) is 4.12. The fourth-order valence-electron chi connectivity index (χ4n) is 1.68. The van der Waals surface area contributed by atoms with Gasteiger partial charge < -0.3 is 10.0 Å². The summed E-state index contributed by atoms with van der Waals surface area (Å²) in [5.74, 6) is -0.416. The van der Waals surface area contributed by atoms with E-state index in [9.17, 15) is 9.90 Å². The molecular formula is C13H14N4O2. The van der Waals surface area contributed by atoms with Crippen LogP contribution in [0.2, 0.25) is 0 Å². The van der Waals surface area contributed by atoms with Crippen molar-refractivity contribution in [3.8, 4) is 5.75 Å². The molecule has 2 heterocycles. The van der Waals surface area contributed by atoms with Gasteiger partial charge in [-0.3, -0.25) is 9.78 Å². The Kier molecular flexibility index (Phi) is 3.70. The van der Waals surface area contributed by atoms with Crippen LogP contribution >= 0.6 is 0 Å². The van der Waals surface area contributed by atoms with Gasteiger partial charge in [0.05, 0.1) is 23.5 Å². The van der Waals surface area contributed by atoms with Crippen molar-refractivity contribution in [1.82, 2.24) is 19.9 Å². The summed E-state index contributed by atoms with van der Waals surface area (Å²) < 4.78 is 0. The molecule has 0 radical (unpaired) electrons. The minimum atomic E-state index is -0.286. The summed E-state index contributed by atoms with van der Waals surface area (Å²) in [4.78, 5) is 25.5. The predicted octanol–water partition coefficient (Wildman–Crippen LogP) is 1.41. The SMILES string of the molecule is CC(c1ccncn1)N(C)C(=O)c1ccncc1O. The van der Waals surface area contributed by atoms with Crippen molar-refractivity contribution in [1.29, 1.82) is 0 Å². The van der Waals surface area contributed by atoms with Crippen molar-refractivity contribution in [2.75, 3.05) is 7.05 Å². The van der Waals surface area contributed by atoms with E-state index >= 15 is 0 Å². The van der Waals surface area contributed by atoms with Gasteiger partial charge >= 0.3 is 0 Å². The molecule has 0 saturated carbocycles. The summed E-state index contributed by atoms with van der Waals surface area (Å²) in [6.45, 7) is 1.86. The quantitative estimate of drug-likeness (QED) is 0.900. The summed E-state index contributed by atoms with van der Waals surface area (Å²) in [5.41, 5.74) is 0.956. The molecule has 0 aliphatic heterocycles. The molecule has 0 aliphatic rings. The molecule has 0 fully saturated rings. The second kappa shape index (κ2) is 5.43. The first kappa shape index (κ1) is 12.9. The van der Waals surface area contributed by atoms with Gasteiger partial charge in [-0.15, -0.1) is 0 Å². The zero-order valence-electron chi connectivity index (χ0n) is 10.7. The van der Waals surface area contributed by atoms with Crippen LogP contribution in [0.5, 0.6) is 5.75 Å². The third kappa shape index (κ3) is 2.67. The third-order valence-electron chi connectivity index (χ3n) is 2.96. The molecule has 19 heavy (non-hydrogen) atoms. The number of carbonyl (C=O) groups is 1. The molecule has 0 bridgehead atoms. The average Bonchev–Trinajstić information content (AvgIpc) is 2.46. The Morgan fingerprint density at radius 3 is 2.68 bits per heavy atom. The van der Waals surface area contributed by atoms with Gasteiger partial charge in [-0.05, 0) is 19.1 Å². The number of amides is 1. The maximum atomic E-state index is 12.3. The van der Waals surface area contributed by atoms with Crippen LogP contribution in [0, 0.1) is 0 Å². The largest absolute Gasteiger partial charge is 0.505 e. The molecule has 1 atom stereocenters. The highest BCUT2D eigenvalue weighted by atomic mass is 16.3. The van der Waals surface area contributed by atoms with Crippen LogP contribution in [0.3, 0.4) is 0 Å². The molecular weight excluding hydrogens is 244 g/mol. The number of pyridine rings is 1. The zero-order chi connectivity index (χ0) is 13.8. The van der Waals surface area contributed by atoms with Crippen molar-refractivity contribution in [3.05, 3.63) is 48.3 Å². The molecule has 1 N–H and O–H groups in total. The van der Waals surface area contributed by atoms with Crippen molar-refractivity contribution >= 4 is 5.91 Å². The molecule has 1 unspecified atom stereocenters. The molecule has 6 heteroatoms. The highest BCUT2D eigenvalue weighted by Crippen LogP contribution is 2.22. The Labute approximate surface area is 110 Å². The van der Waals surface area contributed by atoms with Gasteiger partial charge in [0.1, 0.15) is 12.1 Å². The van der Waals surface area contributed by atoms with E-state index in [2.05, 4.69) is 15.0 Å². The molecule has 2 aromatic rings. The standard InChI is InChI=1S/C13H14N4O2/c1-9(11-4-6-15-8-16-11)17(2)13(19)10-3-5-14-7-12(10)18/h3-9,18H,1-2H3. The van der Waals surface area contributed by atoms with E-state index in [1.807, 2.05) is 6.92 Å². The number of aromatic nitrogens is 3. The van der Waals surface area contributed by atoms with E-state index < -0.39 is 0 Å². The summed E-state index contributed by atoms with van der Waals surface area (Å²) in [6, 6.07) is 3.02. The van der Waals surface area contributed by atoms with E-state index in [-0.39, 0.29) is 23.3 Å². The summed E-state index contributed by atoms with van der Waals surface area (Å²) in [7, 11) is 1.66. The van der Waals surface area contributed by atoms with Crippen molar-refractivity contribution in [2.24, 2.45) is 0 Å². The lowest BCUT2D eigenvalue weighted by atomic mass is 10.1. The first-order chi connectivity index (χ1) is 9.11. The Morgan fingerprint density at radius 2 is 2.05 bits per heavy atom. The Morgan fingerprint density at radius 1 is 1.32 bits per heavy atom. The first-order valence-corrected chi connectivity index (χ1v) is 5.77. The minimum Gasteiger partial charge on any atom is -0.505 e. The molecule has 0 aromatic carbocycles. The predicted molar refractivity (Wildman–Crippen MR) is 68.4 cm³/mol. The van der Waals surface area contributed by atoms with Gasteiger partial charge in [0.2, 0.25) is 0 Å². The van der Waals surface area contributed by atoms with Gasteiger partial charge in [-0.25, -0.2) is 9.97 Å².